The Bertz CT molecular complexity index is 786. The minimum atomic E-state index is -0.379. The van der Waals surface area contributed by atoms with Crippen LogP contribution in [0.2, 0.25) is 0 Å². The molecule has 0 aliphatic heterocycles. The molecule has 2 aromatic rings. The first-order chi connectivity index (χ1) is 13.1. The third kappa shape index (κ3) is 5.37. The van der Waals surface area contributed by atoms with Crippen LogP contribution in [0.4, 0.5) is 10.1 Å². The lowest BCUT2D eigenvalue weighted by Gasteiger charge is -2.23. The molecule has 142 valence electrons. The van der Waals surface area contributed by atoms with Crippen molar-refractivity contribution < 1.29 is 14.0 Å². The second-order valence-corrected chi connectivity index (χ2v) is 6.83. The van der Waals surface area contributed by atoms with Gasteiger partial charge in [-0.25, -0.2) is 4.39 Å². The van der Waals surface area contributed by atoms with Gasteiger partial charge in [-0.05, 0) is 67.8 Å². The van der Waals surface area contributed by atoms with E-state index >= 15 is 0 Å². The summed E-state index contributed by atoms with van der Waals surface area (Å²) in [5, 5.41) is 2.79. The summed E-state index contributed by atoms with van der Waals surface area (Å²) in [6, 6.07) is 12.8. The van der Waals surface area contributed by atoms with Gasteiger partial charge < -0.3 is 16.0 Å². The number of nitrogens with zero attached hydrogens (tertiary/aromatic N) is 1. The first-order valence-corrected chi connectivity index (χ1v) is 9.21. The molecule has 5 nitrogen and oxygen atoms in total. The van der Waals surface area contributed by atoms with E-state index in [1.54, 1.807) is 12.1 Å². The predicted molar refractivity (Wildman–Crippen MR) is 103 cm³/mol. The summed E-state index contributed by atoms with van der Waals surface area (Å²) in [7, 11) is 0. The molecule has 3 rings (SSSR count). The Labute approximate surface area is 158 Å². The number of rotatable bonds is 8. The van der Waals surface area contributed by atoms with Gasteiger partial charge in [0.15, 0.2) is 0 Å². The number of hydrogen-bond donors (Lipinski definition) is 2. The lowest BCUT2D eigenvalue weighted by atomic mass is 10.1. The number of carbonyl (C=O) groups is 2. The van der Waals surface area contributed by atoms with Crippen molar-refractivity contribution in [1.82, 2.24) is 4.90 Å². The first-order valence-electron chi connectivity index (χ1n) is 9.21. The van der Waals surface area contributed by atoms with Crippen LogP contribution in [-0.4, -0.2) is 29.8 Å². The number of hydrogen-bond acceptors (Lipinski definition) is 3. The number of amides is 2. The van der Waals surface area contributed by atoms with E-state index in [1.807, 2.05) is 17.0 Å². The molecular formula is C21H24FN3O2. The molecule has 2 amide bonds. The number of halogens is 1. The molecule has 0 saturated heterocycles. The van der Waals surface area contributed by atoms with E-state index in [2.05, 4.69) is 5.32 Å². The van der Waals surface area contributed by atoms with E-state index in [9.17, 15) is 14.0 Å². The molecule has 1 saturated carbocycles. The molecule has 1 aliphatic rings. The fourth-order valence-corrected chi connectivity index (χ4v) is 2.86. The van der Waals surface area contributed by atoms with Crippen molar-refractivity contribution in [3.8, 4) is 0 Å². The van der Waals surface area contributed by atoms with Crippen LogP contribution in [0, 0.1) is 11.7 Å². The topological polar surface area (TPSA) is 75.4 Å². The van der Waals surface area contributed by atoms with Gasteiger partial charge in [0.05, 0.1) is 0 Å². The monoisotopic (exact) mass is 369 g/mol. The molecule has 0 atom stereocenters. The Morgan fingerprint density at radius 2 is 1.74 bits per heavy atom. The molecule has 6 heteroatoms. The van der Waals surface area contributed by atoms with Gasteiger partial charge in [-0.2, -0.15) is 0 Å². The highest BCUT2D eigenvalue weighted by atomic mass is 19.1. The summed E-state index contributed by atoms with van der Waals surface area (Å²) >= 11 is 0. The van der Waals surface area contributed by atoms with E-state index in [4.69, 9.17) is 5.73 Å². The fraction of sp³-hybridized carbons (Fsp3) is 0.333. The Morgan fingerprint density at radius 1 is 1.07 bits per heavy atom. The van der Waals surface area contributed by atoms with Crippen LogP contribution in [0.5, 0.6) is 0 Å². The van der Waals surface area contributed by atoms with Gasteiger partial charge >= 0.3 is 0 Å². The molecule has 0 aromatic heterocycles. The molecule has 1 aliphatic carbocycles. The van der Waals surface area contributed by atoms with Crippen LogP contribution in [0.25, 0.3) is 0 Å². The van der Waals surface area contributed by atoms with Crippen LogP contribution < -0.4 is 11.1 Å². The molecule has 2 aromatic carbocycles. The molecule has 3 N–H and O–H groups in total. The van der Waals surface area contributed by atoms with Gasteiger partial charge in [0.25, 0.3) is 5.91 Å². The number of anilines is 1. The SMILES string of the molecule is NCCCN(Cc1ccc(NC(=O)c2ccc(F)cc2)cc1)C(=O)C1CC1. The van der Waals surface area contributed by atoms with E-state index < -0.39 is 0 Å². The Balaban J connectivity index is 1.60. The zero-order valence-electron chi connectivity index (χ0n) is 15.2. The van der Waals surface area contributed by atoms with Crippen molar-refractivity contribution >= 4 is 17.5 Å². The quantitative estimate of drug-likeness (QED) is 0.750. The minimum Gasteiger partial charge on any atom is -0.338 e. The van der Waals surface area contributed by atoms with Crippen molar-refractivity contribution in [2.45, 2.75) is 25.8 Å². The minimum absolute atomic E-state index is 0.178. The van der Waals surface area contributed by atoms with Crippen molar-refractivity contribution in [1.29, 1.82) is 0 Å². The Hall–Kier alpha value is -2.73. The Morgan fingerprint density at radius 3 is 2.33 bits per heavy atom. The smallest absolute Gasteiger partial charge is 0.255 e. The number of carbonyl (C=O) groups excluding carboxylic acids is 2. The molecule has 0 heterocycles. The van der Waals surface area contributed by atoms with Crippen LogP contribution in [0.15, 0.2) is 48.5 Å². The lowest BCUT2D eigenvalue weighted by Crippen LogP contribution is -2.33. The second kappa shape index (κ2) is 8.77. The fourth-order valence-electron chi connectivity index (χ4n) is 2.86. The molecule has 1 fully saturated rings. The van der Waals surface area contributed by atoms with Gasteiger partial charge in [-0.15, -0.1) is 0 Å². The van der Waals surface area contributed by atoms with Crippen LogP contribution >= 0.6 is 0 Å². The average molecular weight is 369 g/mol. The van der Waals surface area contributed by atoms with Crippen LogP contribution in [0.3, 0.4) is 0 Å². The average Bonchev–Trinajstić information content (AvgIpc) is 3.51. The van der Waals surface area contributed by atoms with E-state index in [0.717, 1.165) is 24.8 Å². The van der Waals surface area contributed by atoms with Gasteiger partial charge in [-0.1, -0.05) is 12.1 Å². The summed E-state index contributed by atoms with van der Waals surface area (Å²) in [6.45, 7) is 1.76. The molecule has 0 unspecified atom stereocenters. The zero-order valence-corrected chi connectivity index (χ0v) is 15.2. The summed E-state index contributed by atoms with van der Waals surface area (Å²) in [4.78, 5) is 26.5. The third-order valence-corrected chi connectivity index (χ3v) is 4.56. The normalized spacial score (nSPS) is 13.3. The van der Waals surface area contributed by atoms with Crippen molar-refractivity contribution in [2.24, 2.45) is 11.7 Å². The van der Waals surface area contributed by atoms with Crippen molar-refractivity contribution in [2.75, 3.05) is 18.4 Å². The highest BCUT2D eigenvalue weighted by Gasteiger charge is 2.33. The largest absolute Gasteiger partial charge is 0.338 e. The predicted octanol–water partition coefficient (Wildman–Crippen LogP) is 3.17. The number of nitrogens with one attached hydrogen (secondary N) is 1. The summed E-state index contributed by atoms with van der Waals surface area (Å²) in [5.74, 6) is -0.291. The zero-order chi connectivity index (χ0) is 19.2. The maximum Gasteiger partial charge on any atom is 0.255 e. The Kier molecular flexibility index (Phi) is 6.19. The van der Waals surface area contributed by atoms with Gasteiger partial charge in [0, 0.05) is 30.3 Å². The summed E-state index contributed by atoms with van der Waals surface area (Å²) in [5.41, 5.74) is 7.63. The summed E-state index contributed by atoms with van der Waals surface area (Å²) in [6.07, 6.45) is 2.74. The summed E-state index contributed by atoms with van der Waals surface area (Å²) < 4.78 is 12.9. The first kappa shape index (κ1) is 19.0. The van der Waals surface area contributed by atoms with Gasteiger partial charge in [0.1, 0.15) is 5.82 Å². The second-order valence-electron chi connectivity index (χ2n) is 6.83. The van der Waals surface area contributed by atoms with E-state index in [-0.39, 0.29) is 23.5 Å². The highest BCUT2D eigenvalue weighted by Crippen LogP contribution is 2.31. The molecule has 27 heavy (non-hydrogen) atoms. The lowest BCUT2D eigenvalue weighted by molar-refractivity contribution is -0.133. The third-order valence-electron chi connectivity index (χ3n) is 4.56. The van der Waals surface area contributed by atoms with Crippen LogP contribution in [0.1, 0.15) is 35.2 Å². The standard InChI is InChI=1S/C21H24FN3O2/c22-18-8-6-16(7-9-18)20(26)24-19-10-2-15(3-11-19)14-25(13-1-12-23)21(27)17-4-5-17/h2-3,6-11,17H,1,4-5,12-14,23H2,(H,24,26). The number of benzene rings is 2. The van der Waals surface area contributed by atoms with Crippen LogP contribution in [-0.2, 0) is 11.3 Å². The van der Waals surface area contributed by atoms with Gasteiger partial charge in [0.2, 0.25) is 5.91 Å². The maximum atomic E-state index is 12.9. The molecular weight excluding hydrogens is 345 g/mol. The molecule has 0 spiro atoms. The number of nitrogens with two attached hydrogens (primary N) is 1. The molecule has 0 radical (unpaired) electrons. The van der Waals surface area contributed by atoms with E-state index in [0.29, 0.717) is 30.9 Å². The highest BCUT2D eigenvalue weighted by molar-refractivity contribution is 6.04. The van der Waals surface area contributed by atoms with E-state index in [1.165, 1.54) is 24.3 Å². The van der Waals surface area contributed by atoms with Gasteiger partial charge in [-0.3, -0.25) is 9.59 Å². The maximum absolute atomic E-state index is 12.9. The van der Waals surface area contributed by atoms with Crippen molar-refractivity contribution in [3.63, 3.8) is 0 Å². The van der Waals surface area contributed by atoms with Crippen molar-refractivity contribution in [3.05, 3.63) is 65.5 Å². The molecule has 0 bridgehead atoms.